The van der Waals surface area contributed by atoms with Gasteiger partial charge in [0.05, 0.1) is 13.8 Å². The first-order chi connectivity index (χ1) is 10.3. The fourth-order valence-corrected chi connectivity index (χ4v) is 2.60. The Morgan fingerprint density at radius 3 is 2.45 bits per heavy atom. The number of hydrogen-bond acceptors (Lipinski definition) is 5. The van der Waals surface area contributed by atoms with Gasteiger partial charge in [0.15, 0.2) is 0 Å². The van der Waals surface area contributed by atoms with Gasteiger partial charge in [0.2, 0.25) is 0 Å². The lowest BCUT2D eigenvalue weighted by Crippen LogP contribution is -2.40. The molecule has 4 amide bonds. The van der Waals surface area contributed by atoms with E-state index in [1.54, 1.807) is 19.1 Å². The second-order valence-corrected chi connectivity index (χ2v) is 5.91. The van der Waals surface area contributed by atoms with Crippen molar-refractivity contribution in [2.45, 2.75) is 6.54 Å². The summed E-state index contributed by atoms with van der Waals surface area (Å²) in [6.07, 6.45) is 0. The maximum absolute atomic E-state index is 11.8. The Bertz CT molecular complexity index is 635. The first-order valence-electron chi connectivity index (χ1n) is 6.49. The molecular weight excluding hydrogens is 354 g/mol. The molecule has 1 aliphatic rings. The highest BCUT2D eigenvalue weighted by Gasteiger charge is 2.42. The summed E-state index contributed by atoms with van der Waals surface area (Å²) in [5.41, 5.74) is 0.901. The summed E-state index contributed by atoms with van der Waals surface area (Å²) in [7, 11) is 4.62. The number of carbonyl (C=O) groups excluding carboxylic acids is 3. The number of nitrogens with zero attached hydrogens (tertiary/aromatic N) is 3. The average Bonchev–Trinajstić information content (AvgIpc) is 2.65. The predicted molar refractivity (Wildman–Crippen MR) is 82.0 cm³/mol. The van der Waals surface area contributed by atoms with Gasteiger partial charge in [-0.05, 0) is 25.2 Å². The average molecular weight is 370 g/mol. The van der Waals surface area contributed by atoms with Gasteiger partial charge in [-0.15, -0.1) is 0 Å². The minimum Gasteiger partial charge on any atom is -0.496 e. The summed E-state index contributed by atoms with van der Waals surface area (Å²) in [5.74, 6) is -0.902. The minimum absolute atomic E-state index is 0.0312. The molecule has 0 saturated carbocycles. The van der Waals surface area contributed by atoms with E-state index in [0.717, 1.165) is 19.8 Å². The lowest BCUT2D eigenvalue weighted by molar-refractivity contribution is -0.143. The van der Waals surface area contributed by atoms with Crippen molar-refractivity contribution in [3.05, 3.63) is 28.2 Å². The molecule has 0 bridgehead atoms. The Morgan fingerprint density at radius 2 is 1.91 bits per heavy atom. The van der Waals surface area contributed by atoms with Crippen molar-refractivity contribution in [1.82, 2.24) is 14.7 Å². The van der Waals surface area contributed by atoms with Crippen LogP contribution in [0.4, 0.5) is 4.79 Å². The lowest BCUT2D eigenvalue weighted by atomic mass is 10.2. The van der Waals surface area contributed by atoms with Crippen molar-refractivity contribution < 1.29 is 19.1 Å². The molecule has 0 spiro atoms. The van der Waals surface area contributed by atoms with Crippen molar-refractivity contribution in [2.24, 2.45) is 0 Å². The zero-order valence-corrected chi connectivity index (χ0v) is 14.1. The zero-order valence-electron chi connectivity index (χ0n) is 12.5. The smallest absolute Gasteiger partial charge is 0.335 e. The topological polar surface area (TPSA) is 70.2 Å². The monoisotopic (exact) mass is 369 g/mol. The molecule has 1 aromatic carbocycles. The van der Waals surface area contributed by atoms with Crippen LogP contribution in [-0.4, -0.2) is 60.4 Å². The van der Waals surface area contributed by atoms with E-state index < -0.39 is 17.8 Å². The van der Waals surface area contributed by atoms with E-state index >= 15 is 0 Å². The highest BCUT2D eigenvalue weighted by atomic mass is 79.9. The maximum atomic E-state index is 11.8. The van der Waals surface area contributed by atoms with Crippen molar-refractivity contribution in [2.75, 3.05) is 27.9 Å². The number of carbonyl (C=O) groups is 3. The van der Waals surface area contributed by atoms with Gasteiger partial charge in [0, 0.05) is 23.6 Å². The number of hydrogen-bond donors (Lipinski definition) is 0. The summed E-state index contributed by atoms with van der Waals surface area (Å²) < 4.78 is 6.19. The van der Waals surface area contributed by atoms with Gasteiger partial charge in [-0.25, -0.2) is 9.69 Å². The van der Waals surface area contributed by atoms with Gasteiger partial charge >= 0.3 is 17.8 Å². The molecule has 7 nitrogen and oxygen atoms in total. The van der Waals surface area contributed by atoms with Crippen LogP contribution in [0.15, 0.2) is 22.7 Å². The fourth-order valence-electron chi connectivity index (χ4n) is 2.19. The second kappa shape index (κ2) is 6.45. The molecule has 22 heavy (non-hydrogen) atoms. The van der Waals surface area contributed by atoms with Crippen LogP contribution in [-0.2, 0) is 16.1 Å². The molecule has 0 N–H and O–H groups in total. The molecule has 1 aromatic rings. The van der Waals surface area contributed by atoms with Crippen LogP contribution < -0.4 is 4.74 Å². The van der Waals surface area contributed by atoms with Crippen molar-refractivity contribution >= 4 is 33.8 Å². The van der Waals surface area contributed by atoms with Crippen LogP contribution in [0.5, 0.6) is 5.75 Å². The van der Waals surface area contributed by atoms with Crippen LogP contribution in [0.1, 0.15) is 5.56 Å². The van der Waals surface area contributed by atoms with Gasteiger partial charge in [-0.3, -0.25) is 19.4 Å². The summed E-state index contributed by atoms with van der Waals surface area (Å²) in [5, 5.41) is 0. The molecule has 8 heteroatoms. The summed E-state index contributed by atoms with van der Waals surface area (Å²) in [6, 6.07) is 4.99. The Balaban J connectivity index is 2.09. The molecule has 1 heterocycles. The van der Waals surface area contributed by atoms with Crippen LogP contribution >= 0.6 is 15.9 Å². The molecule has 0 radical (unpaired) electrons. The van der Waals surface area contributed by atoms with E-state index in [1.807, 2.05) is 18.2 Å². The molecular formula is C14H16BrN3O4. The van der Waals surface area contributed by atoms with Crippen LogP contribution in [0, 0.1) is 0 Å². The van der Waals surface area contributed by atoms with E-state index in [9.17, 15) is 14.4 Å². The van der Waals surface area contributed by atoms with Gasteiger partial charge in [0.25, 0.3) is 0 Å². The van der Waals surface area contributed by atoms with E-state index in [2.05, 4.69) is 15.9 Å². The maximum Gasteiger partial charge on any atom is 0.335 e. The van der Waals surface area contributed by atoms with E-state index in [0.29, 0.717) is 12.3 Å². The molecule has 0 aromatic heterocycles. The number of urea groups is 1. The summed E-state index contributed by atoms with van der Waals surface area (Å²) in [6.45, 7) is 0.487. The van der Waals surface area contributed by atoms with E-state index in [4.69, 9.17) is 4.74 Å². The van der Waals surface area contributed by atoms with Gasteiger partial charge in [-0.1, -0.05) is 15.9 Å². The standard InChI is InChI=1S/C14H16BrN3O4/c1-16(7-9-6-10(15)4-5-11(9)22-3)8-18-13(20)12(19)17(2)14(18)21/h4-6H,7-8H2,1-3H3. The molecule has 0 atom stereocenters. The third-order valence-corrected chi connectivity index (χ3v) is 3.81. The lowest BCUT2D eigenvalue weighted by Gasteiger charge is -2.22. The molecule has 0 aliphatic carbocycles. The molecule has 1 fully saturated rings. The van der Waals surface area contributed by atoms with Crippen LogP contribution in [0.3, 0.4) is 0 Å². The zero-order chi connectivity index (χ0) is 16.4. The first kappa shape index (κ1) is 16.4. The third-order valence-electron chi connectivity index (χ3n) is 3.32. The minimum atomic E-state index is -0.807. The quantitative estimate of drug-likeness (QED) is 0.577. The summed E-state index contributed by atoms with van der Waals surface area (Å²) >= 11 is 3.39. The largest absolute Gasteiger partial charge is 0.496 e. The molecule has 1 saturated heterocycles. The van der Waals surface area contributed by atoms with Gasteiger partial charge in [-0.2, -0.15) is 0 Å². The Kier molecular flexibility index (Phi) is 4.82. The number of amides is 4. The Labute approximate surface area is 136 Å². The molecule has 0 unspecified atom stereocenters. The molecule has 118 valence electrons. The fraction of sp³-hybridized carbons (Fsp3) is 0.357. The van der Waals surface area contributed by atoms with Gasteiger partial charge in [0.1, 0.15) is 5.75 Å². The van der Waals surface area contributed by atoms with Crippen molar-refractivity contribution in [1.29, 1.82) is 0 Å². The van der Waals surface area contributed by atoms with Gasteiger partial charge < -0.3 is 4.74 Å². The molecule has 2 rings (SSSR count). The molecule has 1 aliphatic heterocycles. The predicted octanol–water partition coefficient (Wildman–Crippen LogP) is 1.27. The number of imide groups is 2. The first-order valence-corrected chi connectivity index (χ1v) is 7.29. The SMILES string of the molecule is COc1ccc(Br)cc1CN(C)CN1C(=O)C(=O)N(C)C1=O. The van der Waals surface area contributed by atoms with Crippen LogP contribution in [0.2, 0.25) is 0 Å². The van der Waals surface area contributed by atoms with E-state index in [-0.39, 0.29) is 6.67 Å². The number of halogens is 1. The Morgan fingerprint density at radius 1 is 1.23 bits per heavy atom. The third kappa shape index (κ3) is 3.12. The van der Waals surface area contributed by atoms with Crippen molar-refractivity contribution in [3.8, 4) is 5.75 Å². The highest BCUT2D eigenvalue weighted by molar-refractivity contribution is 9.10. The number of likely N-dealkylation sites (N-methyl/N-ethyl adjacent to an activating group) is 1. The number of benzene rings is 1. The normalized spacial score (nSPS) is 15.2. The number of methoxy groups -OCH3 is 1. The number of rotatable bonds is 5. The van der Waals surface area contributed by atoms with Crippen molar-refractivity contribution in [3.63, 3.8) is 0 Å². The Hall–Kier alpha value is -1.93. The van der Waals surface area contributed by atoms with E-state index in [1.165, 1.54) is 7.05 Å². The summed E-state index contributed by atoms with van der Waals surface area (Å²) in [4.78, 5) is 38.6. The number of ether oxygens (including phenoxy) is 1. The van der Waals surface area contributed by atoms with Crippen LogP contribution in [0.25, 0.3) is 0 Å². The highest BCUT2D eigenvalue weighted by Crippen LogP contribution is 2.24. The second-order valence-electron chi connectivity index (χ2n) is 4.99.